The monoisotopic (exact) mass is 413 g/mol. The number of phenolic OH excluding ortho intramolecular Hbond substituents is 2. The van der Waals surface area contributed by atoms with E-state index in [4.69, 9.17) is 4.74 Å². The third-order valence-corrected chi connectivity index (χ3v) is 4.82. The van der Waals surface area contributed by atoms with Crippen LogP contribution in [0.25, 0.3) is 34.2 Å². The second-order valence-corrected chi connectivity index (χ2v) is 6.86. The molecule has 1 aromatic heterocycles. The molecule has 0 atom stereocenters. The van der Waals surface area contributed by atoms with Crippen molar-refractivity contribution < 1.29 is 19.7 Å². The van der Waals surface area contributed by atoms with Crippen molar-refractivity contribution in [2.75, 3.05) is 7.11 Å². The minimum Gasteiger partial charge on any atom is -0.507 e. The normalized spacial score (nSPS) is 10.6. The van der Waals surface area contributed by atoms with E-state index in [2.05, 4.69) is 15.0 Å². The summed E-state index contributed by atoms with van der Waals surface area (Å²) in [5.41, 5.74) is 2.68. The van der Waals surface area contributed by atoms with E-state index in [0.29, 0.717) is 33.6 Å². The molecule has 3 aromatic carbocycles. The van der Waals surface area contributed by atoms with Crippen LogP contribution in [-0.4, -0.2) is 38.2 Å². The number of hydrogen-bond acceptors (Lipinski definition) is 7. The van der Waals surface area contributed by atoms with Gasteiger partial charge < -0.3 is 14.9 Å². The van der Waals surface area contributed by atoms with Crippen LogP contribution in [0.1, 0.15) is 15.9 Å². The van der Waals surface area contributed by atoms with Crippen LogP contribution in [0.4, 0.5) is 0 Å². The van der Waals surface area contributed by atoms with E-state index in [9.17, 15) is 15.0 Å². The van der Waals surface area contributed by atoms with Gasteiger partial charge >= 0.3 is 5.97 Å². The van der Waals surface area contributed by atoms with Crippen molar-refractivity contribution in [2.24, 2.45) is 0 Å². The van der Waals surface area contributed by atoms with E-state index in [1.54, 1.807) is 73.7 Å². The zero-order chi connectivity index (χ0) is 22.0. The summed E-state index contributed by atoms with van der Waals surface area (Å²) in [5, 5.41) is 20.6. The number of ether oxygens (including phenoxy) is 1. The third-order valence-electron chi connectivity index (χ3n) is 4.82. The van der Waals surface area contributed by atoms with Gasteiger partial charge in [0.05, 0.1) is 23.8 Å². The molecule has 1 heterocycles. The largest absolute Gasteiger partial charge is 0.507 e. The van der Waals surface area contributed by atoms with Crippen molar-refractivity contribution in [1.82, 2.24) is 15.0 Å². The number of aryl methyl sites for hydroxylation is 1. The molecule has 31 heavy (non-hydrogen) atoms. The first kappa shape index (κ1) is 20.0. The number of esters is 1. The number of carbonyl (C=O) groups is 1. The number of para-hydroxylation sites is 2. The molecule has 0 aliphatic rings. The highest BCUT2D eigenvalue weighted by molar-refractivity contribution is 5.91. The lowest BCUT2D eigenvalue weighted by atomic mass is 10.0. The fourth-order valence-electron chi connectivity index (χ4n) is 3.21. The van der Waals surface area contributed by atoms with E-state index < -0.39 is 5.97 Å². The number of carbonyl (C=O) groups excluding carboxylic acids is 1. The number of phenols is 2. The first-order valence-corrected chi connectivity index (χ1v) is 9.50. The third kappa shape index (κ3) is 3.93. The van der Waals surface area contributed by atoms with E-state index in [0.717, 1.165) is 0 Å². The molecular weight excluding hydrogens is 394 g/mol. The zero-order valence-corrected chi connectivity index (χ0v) is 16.9. The van der Waals surface area contributed by atoms with Crippen molar-refractivity contribution in [1.29, 1.82) is 0 Å². The number of nitrogens with zero attached hydrogens (tertiary/aromatic N) is 3. The Morgan fingerprint density at radius 3 is 1.77 bits per heavy atom. The Morgan fingerprint density at radius 1 is 0.774 bits per heavy atom. The second kappa shape index (κ2) is 8.23. The minimum atomic E-state index is -0.426. The van der Waals surface area contributed by atoms with Crippen LogP contribution >= 0.6 is 0 Å². The first-order valence-electron chi connectivity index (χ1n) is 9.50. The Hall–Kier alpha value is -4.26. The molecule has 4 rings (SSSR count). The van der Waals surface area contributed by atoms with Gasteiger partial charge in [0, 0.05) is 5.56 Å². The molecule has 7 heteroatoms. The van der Waals surface area contributed by atoms with Gasteiger partial charge in [0.1, 0.15) is 11.5 Å². The van der Waals surface area contributed by atoms with Gasteiger partial charge in [0.2, 0.25) is 0 Å². The summed E-state index contributed by atoms with van der Waals surface area (Å²) in [7, 11) is 1.33. The standard InChI is InChI=1S/C24H19N3O4/c1-14-13-15(11-12-16(14)24(30)31-2)21-25-22(17-7-3-5-9-19(17)28)27-23(26-21)18-8-4-6-10-20(18)29/h3-13,28-29H,1-2H3. The van der Waals surface area contributed by atoms with Crippen molar-refractivity contribution in [2.45, 2.75) is 6.92 Å². The van der Waals surface area contributed by atoms with Gasteiger partial charge in [-0.3, -0.25) is 0 Å². The Kier molecular flexibility index (Phi) is 5.32. The van der Waals surface area contributed by atoms with E-state index in [1.807, 2.05) is 0 Å². The van der Waals surface area contributed by atoms with Gasteiger partial charge in [-0.1, -0.05) is 30.3 Å². The zero-order valence-electron chi connectivity index (χ0n) is 16.9. The maximum Gasteiger partial charge on any atom is 0.338 e. The molecule has 0 spiro atoms. The van der Waals surface area contributed by atoms with Gasteiger partial charge in [-0.15, -0.1) is 0 Å². The lowest BCUT2D eigenvalue weighted by Gasteiger charge is -2.11. The van der Waals surface area contributed by atoms with Crippen LogP contribution in [0.5, 0.6) is 11.5 Å². The molecular formula is C24H19N3O4. The lowest BCUT2D eigenvalue weighted by molar-refractivity contribution is 0.0600. The van der Waals surface area contributed by atoms with Crippen LogP contribution in [0.2, 0.25) is 0 Å². The van der Waals surface area contributed by atoms with Crippen LogP contribution in [0.3, 0.4) is 0 Å². The fraction of sp³-hybridized carbons (Fsp3) is 0.0833. The molecule has 154 valence electrons. The lowest BCUT2D eigenvalue weighted by Crippen LogP contribution is -2.05. The molecule has 2 N–H and O–H groups in total. The Labute approximate surface area is 178 Å². The number of hydrogen-bond donors (Lipinski definition) is 2. The Balaban J connectivity index is 1.92. The van der Waals surface area contributed by atoms with Crippen LogP contribution < -0.4 is 0 Å². The van der Waals surface area contributed by atoms with Gasteiger partial charge in [0.15, 0.2) is 17.5 Å². The quantitative estimate of drug-likeness (QED) is 0.478. The van der Waals surface area contributed by atoms with E-state index >= 15 is 0 Å². The second-order valence-electron chi connectivity index (χ2n) is 6.86. The molecule has 7 nitrogen and oxygen atoms in total. The topological polar surface area (TPSA) is 105 Å². The first-order chi connectivity index (χ1) is 15.0. The average Bonchev–Trinajstić information content (AvgIpc) is 2.79. The molecule has 0 aliphatic heterocycles. The Bertz CT molecular complexity index is 1220. The fourth-order valence-corrected chi connectivity index (χ4v) is 3.21. The molecule has 0 aliphatic carbocycles. The highest BCUT2D eigenvalue weighted by Gasteiger charge is 2.17. The molecule has 4 aromatic rings. The molecule has 0 bridgehead atoms. The molecule has 0 saturated heterocycles. The Morgan fingerprint density at radius 2 is 1.29 bits per heavy atom. The van der Waals surface area contributed by atoms with Crippen molar-refractivity contribution in [3.63, 3.8) is 0 Å². The maximum atomic E-state index is 11.9. The van der Waals surface area contributed by atoms with Gasteiger partial charge in [-0.05, 0) is 48.9 Å². The van der Waals surface area contributed by atoms with E-state index in [-0.39, 0.29) is 23.1 Å². The van der Waals surface area contributed by atoms with Crippen LogP contribution in [0.15, 0.2) is 66.7 Å². The molecule has 0 fully saturated rings. The molecule has 0 radical (unpaired) electrons. The van der Waals surface area contributed by atoms with Gasteiger partial charge in [0.25, 0.3) is 0 Å². The molecule has 0 unspecified atom stereocenters. The molecule has 0 saturated carbocycles. The summed E-state index contributed by atoms with van der Waals surface area (Å²) in [4.78, 5) is 25.5. The molecule has 0 amide bonds. The smallest absolute Gasteiger partial charge is 0.338 e. The number of benzene rings is 3. The van der Waals surface area contributed by atoms with E-state index in [1.165, 1.54) is 7.11 Å². The SMILES string of the molecule is COC(=O)c1ccc(-c2nc(-c3ccccc3O)nc(-c3ccccc3O)n2)cc1C. The van der Waals surface area contributed by atoms with Crippen molar-refractivity contribution >= 4 is 5.97 Å². The highest BCUT2D eigenvalue weighted by Crippen LogP contribution is 2.32. The number of methoxy groups -OCH3 is 1. The summed E-state index contributed by atoms with van der Waals surface area (Å²) < 4.78 is 4.81. The maximum absolute atomic E-state index is 11.9. The summed E-state index contributed by atoms with van der Waals surface area (Å²) >= 11 is 0. The van der Waals surface area contributed by atoms with Gasteiger partial charge in [-0.25, -0.2) is 19.7 Å². The summed E-state index contributed by atoms with van der Waals surface area (Å²) in [6, 6.07) is 18.6. The number of aromatic nitrogens is 3. The summed E-state index contributed by atoms with van der Waals surface area (Å²) in [6.07, 6.45) is 0. The number of aromatic hydroxyl groups is 2. The predicted octanol–water partition coefficient (Wildman–Crippen LogP) is 4.38. The number of rotatable bonds is 4. The average molecular weight is 413 g/mol. The van der Waals surface area contributed by atoms with Crippen molar-refractivity contribution in [3.8, 4) is 45.7 Å². The summed E-state index contributed by atoms with van der Waals surface area (Å²) in [5.74, 6) is 0.489. The minimum absolute atomic E-state index is 0.0279. The van der Waals surface area contributed by atoms with Crippen LogP contribution in [0, 0.1) is 6.92 Å². The van der Waals surface area contributed by atoms with Gasteiger partial charge in [-0.2, -0.15) is 0 Å². The predicted molar refractivity (Wildman–Crippen MR) is 116 cm³/mol. The van der Waals surface area contributed by atoms with Crippen LogP contribution in [-0.2, 0) is 4.74 Å². The summed E-state index contributed by atoms with van der Waals surface area (Å²) in [6.45, 7) is 1.80. The van der Waals surface area contributed by atoms with Crippen molar-refractivity contribution in [3.05, 3.63) is 77.9 Å². The highest BCUT2D eigenvalue weighted by atomic mass is 16.5.